The molecule has 0 saturated carbocycles. The standard InChI is InChI=1S/C48H83N17O12/c1-27-10-6-11-28(22-27)23-33(42(71)60-30(13-3-5-18-50)41(70)61-32(47(76)77)15-8-20-57-48(55)56)62-43(72)34-16-9-21-65(34)46(75)31(14-7-19-51)59-37(68)26-58-44(73)38(35(66)24-52)64-45(74)39(36(67)25-53)63-40(69)29(54)12-2-4-17-49/h6,10-11,15,22,29-31,33-36,38-39,66-67H,2-5,7-9,12-14,16-21,23-26,49-54H2,1H3,(H,58,73)(H,59,68)(H,60,71)(H,61,70)(H,62,72)(H,63,69)(H,64,74)(H,76,77)(H4,55,56,57)/b32-15-/t29?,30-,31+,33-,34-,35-,36-,38?,39-/m0/s1. The number of unbranched alkanes of at least 4 members (excludes halogenated alkanes) is 2. The number of aliphatic carboxylic acids is 1. The van der Waals surface area contributed by atoms with Gasteiger partial charge in [0.15, 0.2) is 5.96 Å². The molecule has 0 spiro atoms. The minimum Gasteiger partial charge on any atom is -0.477 e. The first-order valence-corrected chi connectivity index (χ1v) is 25.7. The maximum Gasteiger partial charge on any atom is 0.352 e. The van der Waals surface area contributed by atoms with Gasteiger partial charge in [0.1, 0.15) is 41.9 Å². The van der Waals surface area contributed by atoms with E-state index in [2.05, 4.69) is 42.2 Å². The number of nitrogens with one attached hydrogen (secondary N) is 7. The van der Waals surface area contributed by atoms with Crippen LogP contribution in [0.1, 0.15) is 81.8 Å². The quantitative estimate of drug-likeness (QED) is 0.0128. The Labute approximate surface area is 447 Å². The van der Waals surface area contributed by atoms with Crippen LogP contribution in [0.25, 0.3) is 0 Å². The van der Waals surface area contributed by atoms with Crippen molar-refractivity contribution in [2.45, 2.75) is 138 Å². The highest BCUT2D eigenvalue weighted by Gasteiger charge is 2.40. The summed E-state index contributed by atoms with van der Waals surface area (Å²) in [6.07, 6.45) is 0.742. The van der Waals surface area contributed by atoms with E-state index in [1.807, 2.05) is 13.0 Å². The lowest BCUT2D eigenvalue weighted by Gasteiger charge is -2.30. The summed E-state index contributed by atoms with van der Waals surface area (Å²) in [6.45, 7) is 0.829. The van der Waals surface area contributed by atoms with E-state index >= 15 is 0 Å². The van der Waals surface area contributed by atoms with Crippen LogP contribution in [0.15, 0.2) is 41.0 Å². The summed E-state index contributed by atoms with van der Waals surface area (Å²) in [5, 5.41) is 48.2. The third-order valence-electron chi connectivity index (χ3n) is 12.3. The summed E-state index contributed by atoms with van der Waals surface area (Å²) in [4.78, 5) is 127. The van der Waals surface area contributed by atoms with Gasteiger partial charge in [-0.05, 0) is 96.3 Å². The third-order valence-corrected chi connectivity index (χ3v) is 12.3. The molecule has 0 aromatic heterocycles. The van der Waals surface area contributed by atoms with Gasteiger partial charge in [-0.3, -0.25) is 43.3 Å². The summed E-state index contributed by atoms with van der Waals surface area (Å²) in [5.41, 5.74) is 45.8. The fourth-order valence-electron chi connectivity index (χ4n) is 8.09. The van der Waals surface area contributed by atoms with Gasteiger partial charge in [0, 0.05) is 32.6 Å². The average Bonchev–Trinajstić information content (AvgIpc) is 3.90. The number of aryl methyl sites for hydroxylation is 1. The lowest BCUT2D eigenvalue weighted by atomic mass is 10.0. The van der Waals surface area contributed by atoms with Crippen molar-refractivity contribution in [3.8, 4) is 0 Å². The smallest absolute Gasteiger partial charge is 0.352 e. The van der Waals surface area contributed by atoms with Crippen LogP contribution in [-0.2, 0) is 49.6 Å². The summed E-state index contributed by atoms with van der Waals surface area (Å²) in [7, 11) is 0. The highest BCUT2D eigenvalue weighted by molar-refractivity contribution is 5.99. The van der Waals surface area contributed by atoms with Crippen molar-refractivity contribution in [2.75, 3.05) is 52.4 Å². The van der Waals surface area contributed by atoms with Gasteiger partial charge in [-0.25, -0.2) is 4.79 Å². The van der Waals surface area contributed by atoms with E-state index < -0.39 is 133 Å². The molecule has 2 unspecified atom stereocenters. The monoisotopic (exact) mass is 1090 g/mol. The number of hydrogen-bond donors (Lipinski definition) is 18. The topological polar surface area (TPSA) is 522 Å². The Hall–Kier alpha value is -6.86. The highest BCUT2D eigenvalue weighted by atomic mass is 16.4. The Kier molecular flexibility index (Phi) is 30.5. The number of carbonyl (C=O) groups excluding carboxylic acids is 8. The first-order valence-electron chi connectivity index (χ1n) is 25.7. The molecule has 26 N–H and O–H groups in total. The first-order chi connectivity index (χ1) is 36.6. The number of rotatable bonds is 36. The van der Waals surface area contributed by atoms with Crippen molar-refractivity contribution in [1.82, 2.24) is 42.1 Å². The molecule has 9 atom stereocenters. The zero-order valence-electron chi connectivity index (χ0n) is 43.8. The van der Waals surface area contributed by atoms with Crippen LogP contribution in [0.2, 0.25) is 0 Å². The average molecular weight is 1090 g/mol. The SMILES string of the molecule is Cc1cccc(C[C@H](NC(=O)[C@@H]2CCCN2C(=O)[C@@H](CCCN)NC(=O)CNC(=O)C(NC(=O)[C@@H](NC(=O)C(N)CCCCN)[C@@H](O)CN)[C@@H](O)CN)C(=O)N[C@@H](CCCCN)C(=O)N/C(=C\CCN=C(N)N)C(=O)O)c1. The van der Waals surface area contributed by atoms with Crippen LogP contribution in [-0.4, -0.2) is 186 Å². The maximum absolute atomic E-state index is 14.3. The lowest BCUT2D eigenvalue weighted by Crippen LogP contribution is -2.63. The van der Waals surface area contributed by atoms with E-state index in [0.717, 1.165) is 5.56 Å². The number of amides is 8. The number of benzene rings is 1. The number of carboxylic acid groups (broad SMARTS) is 1. The zero-order valence-corrected chi connectivity index (χ0v) is 43.8. The van der Waals surface area contributed by atoms with Gasteiger partial charge >= 0.3 is 5.97 Å². The molecule has 0 aliphatic carbocycles. The second kappa shape index (κ2) is 35.5. The molecule has 1 aliphatic heterocycles. The summed E-state index contributed by atoms with van der Waals surface area (Å²) in [6, 6.07) is -2.52. The van der Waals surface area contributed by atoms with Crippen molar-refractivity contribution < 1.29 is 58.5 Å². The molecule has 1 saturated heterocycles. The van der Waals surface area contributed by atoms with E-state index in [1.165, 1.54) is 11.0 Å². The molecule has 1 aromatic carbocycles. The third kappa shape index (κ3) is 23.5. The van der Waals surface area contributed by atoms with Gasteiger partial charge in [-0.2, -0.15) is 0 Å². The van der Waals surface area contributed by atoms with Gasteiger partial charge < -0.3 is 103 Å². The predicted octanol–water partition coefficient (Wildman–Crippen LogP) is -7.22. The molecule has 0 bridgehead atoms. The minimum absolute atomic E-state index is 0.00126. The van der Waals surface area contributed by atoms with Crippen molar-refractivity contribution in [2.24, 2.45) is 50.9 Å². The molecule has 1 fully saturated rings. The van der Waals surface area contributed by atoms with E-state index in [4.69, 9.17) is 45.9 Å². The van der Waals surface area contributed by atoms with Crippen molar-refractivity contribution >= 4 is 59.2 Å². The number of nitrogens with two attached hydrogens (primary N) is 8. The molecule has 1 aliphatic rings. The van der Waals surface area contributed by atoms with Gasteiger partial charge in [0.25, 0.3) is 0 Å². The first kappa shape index (κ1) is 66.3. The Morgan fingerprint density at radius 2 is 1.34 bits per heavy atom. The minimum atomic E-state index is -1.82. The summed E-state index contributed by atoms with van der Waals surface area (Å²) >= 11 is 0. The van der Waals surface area contributed by atoms with E-state index in [1.54, 1.807) is 18.2 Å². The molecule has 1 aromatic rings. The molecular weight excluding hydrogens is 1010 g/mol. The molecular formula is C48H83N17O12. The Bertz CT molecular complexity index is 2180. The molecule has 29 nitrogen and oxygen atoms in total. The number of nitrogens with zero attached hydrogens (tertiary/aromatic N) is 2. The Morgan fingerprint density at radius 1 is 0.727 bits per heavy atom. The number of likely N-dealkylation sites (tertiary alicyclic amines) is 1. The molecule has 2 rings (SSSR count). The van der Waals surface area contributed by atoms with E-state index in [-0.39, 0.29) is 77.1 Å². The van der Waals surface area contributed by atoms with Gasteiger partial charge in [-0.15, -0.1) is 0 Å². The number of carboxylic acids is 1. The maximum atomic E-state index is 14.3. The Morgan fingerprint density at radius 3 is 1.94 bits per heavy atom. The summed E-state index contributed by atoms with van der Waals surface area (Å²) in [5.74, 6) is -8.66. The van der Waals surface area contributed by atoms with Crippen LogP contribution < -0.4 is 83.1 Å². The molecule has 1 heterocycles. The fourth-order valence-corrected chi connectivity index (χ4v) is 8.09. The largest absolute Gasteiger partial charge is 0.477 e. The number of aliphatic imine (C=N–C) groups is 1. The number of guanidine groups is 1. The number of hydrogen-bond acceptors (Lipinski definition) is 18. The van der Waals surface area contributed by atoms with Crippen LogP contribution in [0.5, 0.6) is 0 Å². The van der Waals surface area contributed by atoms with E-state index in [9.17, 15) is 58.5 Å². The number of aliphatic hydroxyl groups is 2. The molecule has 29 heteroatoms. The Balaban J connectivity index is 2.32. The normalized spacial score (nSPS) is 16.5. The van der Waals surface area contributed by atoms with Crippen molar-refractivity contribution in [3.05, 3.63) is 47.2 Å². The second-order valence-electron chi connectivity index (χ2n) is 18.5. The molecule has 432 valence electrons. The lowest BCUT2D eigenvalue weighted by molar-refractivity contribution is -0.142. The van der Waals surface area contributed by atoms with Crippen LogP contribution in [0.3, 0.4) is 0 Å². The summed E-state index contributed by atoms with van der Waals surface area (Å²) < 4.78 is 0. The van der Waals surface area contributed by atoms with Crippen LogP contribution >= 0.6 is 0 Å². The molecule has 77 heavy (non-hydrogen) atoms. The highest BCUT2D eigenvalue weighted by Crippen LogP contribution is 2.21. The van der Waals surface area contributed by atoms with Gasteiger partial charge in [0.05, 0.1) is 24.8 Å². The number of carbonyl (C=O) groups is 9. The fraction of sp³-hybridized carbons (Fsp3) is 0.625. The zero-order chi connectivity index (χ0) is 57.6. The molecule has 8 amide bonds. The van der Waals surface area contributed by atoms with Crippen molar-refractivity contribution in [1.29, 1.82) is 0 Å². The van der Waals surface area contributed by atoms with Crippen LogP contribution in [0, 0.1) is 6.92 Å². The van der Waals surface area contributed by atoms with Crippen molar-refractivity contribution in [3.63, 3.8) is 0 Å². The molecule has 0 radical (unpaired) electrons. The van der Waals surface area contributed by atoms with Crippen LogP contribution in [0.4, 0.5) is 0 Å². The number of aliphatic hydroxyl groups excluding tert-OH is 2. The van der Waals surface area contributed by atoms with Gasteiger partial charge in [-0.1, -0.05) is 42.3 Å². The second-order valence-corrected chi connectivity index (χ2v) is 18.5. The van der Waals surface area contributed by atoms with E-state index in [0.29, 0.717) is 44.2 Å². The van der Waals surface area contributed by atoms with Gasteiger partial charge in [0.2, 0.25) is 47.3 Å². The predicted molar refractivity (Wildman–Crippen MR) is 284 cm³/mol.